The molecule has 0 aromatic carbocycles. The molecule has 2 atom stereocenters. The maximum atomic E-state index is 13.2. The predicted octanol–water partition coefficient (Wildman–Crippen LogP) is 1.45. The van der Waals surface area contributed by atoms with E-state index < -0.39 is 35.6 Å². The number of rotatable bonds is 2. The van der Waals surface area contributed by atoms with Crippen LogP contribution in [-0.2, 0) is 9.59 Å². The first-order chi connectivity index (χ1) is 8.62. The molecule has 2 amide bonds. The molecule has 1 saturated heterocycles. The van der Waals surface area contributed by atoms with E-state index in [0.717, 1.165) is 4.90 Å². The molecule has 7 heteroatoms. The molecule has 1 heterocycles. The second kappa shape index (κ2) is 4.11. The highest BCUT2D eigenvalue weighted by atomic mass is 19.4. The Bertz CT molecular complexity index is 416. The molecule has 19 heavy (non-hydrogen) atoms. The average Bonchev–Trinajstić information content (AvgIpc) is 3.03. The number of hydrogen-bond acceptors (Lipinski definition) is 2. The Labute approximate surface area is 109 Å². The third-order valence-electron chi connectivity index (χ3n) is 3.95. The molecule has 2 unspecified atom stereocenters. The molecule has 1 aliphatic carbocycles. The van der Waals surface area contributed by atoms with Crippen molar-refractivity contribution in [2.24, 2.45) is 5.92 Å². The van der Waals surface area contributed by atoms with Gasteiger partial charge < -0.3 is 10.2 Å². The van der Waals surface area contributed by atoms with E-state index in [-0.39, 0.29) is 18.8 Å². The van der Waals surface area contributed by atoms with Crippen LogP contribution in [0.2, 0.25) is 0 Å². The summed E-state index contributed by atoms with van der Waals surface area (Å²) in [5, 5.41) is 2.50. The highest BCUT2D eigenvalue weighted by molar-refractivity contribution is 5.97. The molecule has 2 rings (SSSR count). The van der Waals surface area contributed by atoms with Crippen molar-refractivity contribution in [3.63, 3.8) is 0 Å². The van der Waals surface area contributed by atoms with Gasteiger partial charge in [-0.2, -0.15) is 13.2 Å². The van der Waals surface area contributed by atoms with Crippen molar-refractivity contribution in [3.05, 3.63) is 0 Å². The molecule has 2 aliphatic rings. The first kappa shape index (κ1) is 14.1. The molecule has 0 radical (unpaired) electrons. The summed E-state index contributed by atoms with van der Waals surface area (Å²) in [5.74, 6) is -1.39. The number of carbonyl (C=O) groups is 2. The lowest BCUT2D eigenvalue weighted by Gasteiger charge is -2.44. The number of halogens is 3. The number of nitrogens with one attached hydrogen (secondary N) is 1. The zero-order chi connectivity index (χ0) is 14.6. The van der Waals surface area contributed by atoms with Crippen LogP contribution in [0.5, 0.6) is 0 Å². The lowest BCUT2D eigenvalue weighted by atomic mass is 9.96. The summed E-state index contributed by atoms with van der Waals surface area (Å²) in [6, 6.07) is -1.95. The summed E-state index contributed by atoms with van der Waals surface area (Å²) in [6.07, 6.45) is -4.73. The van der Waals surface area contributed by atoms with Gasteiger partial charge in [0, 0.05) is 0 Å². The van der Waals surface area contributed by atoms with E-state index in [9.17, 15) is 22.8 Å². The van der Waals surface area contributed by atoms with Gasteiger partial charge in [0.1, 0.15) is 17.6 Å². The van der Waals surface area contributed by atoms with Crippen molar-refractivity contribution >= 4 is 11.8 Å². The SMILES string of the molecule is CC(C)C1NC(=O)C(C)N(C2(C(F)(F)F)CC2)C1=O. The van der Waals surface area contributed by atoms with Gasteiger partial charge in [-0.05, 0) is 25.7 Å². The summed E-state index contributed by atoms with van der Waals surface area (Å²) in [7, 11) is 0. The standard InChI is InChI=1S/C12H17F3N2O2/c1-6(2)8-10(19)17(7(3)9(18)16-8)11(4-5-11)12(13,14)15/h6-8H,4-5H2,1-3H3,(H,16,18). The summed E-state index contributed by atoms with van der Waals surface area (Å²) in [4.78, 5) is 24.8. The molecule has 4 nitrogen and oxygen atoms in total. The Kier molecular flexibility index (Phi) is 3.06. The predicted molar refractivity (Wildman–Crippen MR) is 61.1 cm³/mol. The van der Waals surface area contributed by atoms with E-state index in [1.165, 1.54) is 6.92 Å². The number of alkyl halides is 3. The zero-order valence-electron chi connectivity index (χ0n) is 11.0. The fourth-order valence-electron chi connectivity index (χ4n) is 2.61. The Morgan fingerprint density at radius 3 is 2.21 bits per heavy atom. The molecule has 0 spiro atoms. The fourth-order valence-corrected chi connectivity index (χ4v) is 2.61. The van der Waals surface area contributed by atoms with Crippen LogP contribution in [0.4, 0.5) is 13.2 Å². The lowest BCUT2D eigenvalue weighted by Crippen LogP contribution is -2.69. The third-order valence-corrected chi connectivity index (χ3v) is 3.95. The van der Waals surface area contributed by atoms with E-state index in [1.807, 2.05) is 0 Å². The molecule has 1 saturated carbocycles. The van der Waals surface area contributed by atoms with Gasteiger partial charge in [0.2, 0.25) is 11.8 Å². The fraction of sp³-hybridized carbons (Fsp3) is 0.833. The highest BCUT2D eigenvalue weighted by Crippen LogP contribution is 2.55. The van der Waals surface area contributed by atoms with E-state index in [0.29, 0.717) is 0 Å². The quantitative estimate of drug-likeness (QED) is 0.831. The molecular weight excluding hydrogens is 261 g/mol. The topological polar surface area (TPSA) is 49.4 Å². The maximum Gasteiger partial charge on any atom is 0.411 e. The van der Waals surface area contributed by atoms with Crippen molar-refractivity contribution in [1.29, 1.82) is 0 Å². The summed E-state index contributed by atoms with van der Waals surface area (Å²) >= 11 is 0. The van der Waals surface area contributed by atoms with Crippen LogP contribution in [0.3, 0.4) is 0 Å². The maximum absolute atomic E-state index is 13.2. The summed E-state index contributed by atoms with van der Waals surface area (Å²) in [6.45, 7) is 4.74. The highest BCUT2D eigenvalue weighted by Gasteiger charge is 2.70. The van der Waals surface area contributed by atoms with Crippen LogP contribution < -0.4 is 5.32 Å². The van der Waals surface area contributed by atoms with Gasteiger partial charge >= 0.3 is 6.18 Å². The Morgan fingerprint density at radius 2 is 1.84 bits per heavy atom. The molecule has 2 fully saturated rings. The largest absolute Gasteiger partial charge is 0.411 e. The lowest BCUT2D eigenvalue weighted by molar-refractivity contribution is -0.209. The number of carbonyl (C=O) groups excluding carboxylic acids is 2. The average molecular weight is 278 g/mol. The van der Waals surface area contributed by atoms with Gasteiger partial charge in [-0.15, -0.1) is 0 Å². The second-order valence-electron chi connectivity index (χ2n) is 5.64. The van der Waals surface area contributed by atoms with Crippen LogP contribution in [0, 0.1) is 5.92 Å². The minimum Gasteiger partial charge on any atom is -0.342 e. The Morgan fingerprint density at radius 1 is 1.32 bits per heavy atom. The smallest absolute Gasteiger partial charge is 0.342 e. The van der Waals surface area contributed by atoms with E-state index in [1.54, 1.807) is 13.8 Å². The van der Waals surface area contributed by atoms with Crippen molar-refractivity contribution in [1.82, 2.24) is 10.2 Å². The minimum absolute atomic E-state index is 0.120. The Hall–Kier alpha value is -1.27. The summed E-state index contributed by atoms with van der Waals surface area (Å²) < 4.78 is 39.5. The molecule has 0 bridgehead atoms. The van der Waals surface area contributed by atoms with E-state index in [2.05, 4.69) is 5.32 Å². The minimum atomic E-state index is -4.49. The van der Waals surface area contributed by atoms with Gasteiger partial charge in [-0.1, -0.05) is 13.8 Å². The number of amides is 2. The van der Waals surface area contributed by atoms with Crippen molar-refractivity contribution in [2.45, 2.75) is 57.4 Å². The van der Waals surface area contributed by atoms with Gasteiger partial charge in [-0.25, -0.2) is 0 Å². The van der Waals surface area contributed by atoms with E-state index >= 15 is 0 Å². The third kappa shape index (κ3) is 1.99. The van der Waals surface area contributed by atoms with Crippen LogP contribution in [0.1, 0.15) is 33.6 Å². The number of piperazine rings is 1. The van der Waals surface area contributed by atoms with Crippen LogP contribution >= 0.6 is 0 Å². The Balaban J connectivity index is 2.37. The van der Waals surface area contributed by atoms with Gasteiger partial charge in [0.25, 0.3) is 0 Å². The van der Waals surface area contributed by atoms with Gasteiger partial charge in [0.05, 0.1) is 0 Å². The van der Waals surface area contributed by atoms with Gasteiger partial charge in [0.15, 0.2) is 0 Å². The van der Waals surface area contributed by atoms with Crippen molar-refractivity contribution in [3.8, 4) is 0 Å². The number of hydrogen-bond donors (Lipinski definition) is 1. The molecule has 0 aromatic rings. The first-order valence-electron chi connectivity index (χ1n) is 6.32. The molecule has 0 aromatic heterocycles. The van der Waals surface area contributed by atoms with Crippen molar-refractivity contribution < 1.29 is 22.8 Å². The molecule has 108 valence electrons. The van der Waals surface area contributed by atoms with E-state index in [4.69, 9.17) is 0 Å². The number of nitrogens with zero attached hydrogens (tertiary/aromatic N) is 1. The summed E-state index contributed by atoms with van der Waals surface area (Å²) in [5.41, 5.74) is -2.13. The van der Waals surface area contributed by atoms with Crippen LogP contribution in [0.15, 0.2) is 0 Å². The second-order valence-corrected chi connectivity index (χ2v) is 5.64. The van der Waals surface area contributed by atoms with Gasteiger partial charge in [-0.3, -0.25) is 9.59 Å². The molecule has 1 aliphatic heterocycles. The monoisotopic (exact) mass is 278 g/mol. The zero-order valence-corrected chi connectivity index (χ0v) is 11.0. The van der Waals surface area contributed by atoms with Crippen LogP contribution in [0.25, 0.3) is 0 Å². The molecule has 1 N–H and O–H groups in total. The first-order valence-corrected chi connectivity index (χ1v) is 6.32. The normalized spacial score (nSPS) is 30.6. The van der Waals surface area contributed by atoms with Crippen molar-refractivity contribution in [2.75, 3.05) is 0 Å². The molecular formula is C12H17F3N2O2. The van der Waals surface area contributed by atoms with Crippen LogP contribution in [-0.4, -0.2) is 40.5 Å².